The van der Waals surface area contributed by atoms with Gasteiger partial charge in [-0.25, -0.2) is 0 Å². The molecule has 0 N–H and O–H groups in total. The maximum Gasteiger partial charge on any atom is 0.189 e. The predicted molar refractivity (Wildman–Crippen MR) is 58.5 cm³/mol. The van der Waals surface area contributed by atoms with E-state index in [1.54, 1.807) is 6.07 Å². The van der Waals surface area contributed by atoms with Crippen molar-refractivity contribution in [1.29, 1.82) is 0 Å². The molecule has 0 unspecified atom stereocenters. The normalized spacial score (nSPS) is 10.6. The van der Waals surface area contributed by atoms with Gasteiger partial charge in [0.25, 0.3) is 0 Å². The fraction of sp³-hybridized carbons (Fsp3) is 0.250. The molecule has 1 aromatic carbocycles. The highest BCUT2D eigenvalue weighted by Gasteiger charge is 1.99. The Kier molecular flexibility index (Phi) is 2.35. The monoisotopic (exact) mass is 187 g/mol. The number of aromatic nitrogens is 1. The van der Waals surface area contributed by atoms with E-state index in [9.17, 15) is 4.79 Å². The second kappa shape index (κ2) is 3.66. The van der Waals surface area contributed by atoms with Crippen LogP contribution in [-0.2, 0) is 6.54 Å². The van der Waals surface area contributed by atoms with Crippen LogP contribution in [-0.4, -0.2) is 4.57 Å². The lowest BCUT2D eigenvalue weighted by atomic mass is 10.2. The van der Waals surface area contributed by atoms with Crippen LogP contribution in [0.1, 0.15) is 13.3 Å². The SMILES string of the molecule is CCCn1ccc(=O)c2ccccc21. The van der Waals surface area contributed by atoms with Gasteiger partial charge in [0.15, 0.2) is 5.43 Å². The van der Waals surface area contributed by atoms with E-state index in [1.807, 2.05) is 30.5 Å². The van der Waals surface area contributed by atoms with Gasteiger partial charge in [0.05, 0.1) is 5.52 Å². The van der Waals surface area contributed by atoms with E-state index in [1.165, 1.54) is 0 Å². The number of hydrogen-bond acceptors (Lipinski definition) is 1. The van der Waals surface area contributed by atoms with Crippen molar-refractivity contribution in [2.75, 3.05) is 0 Å². The third kappa shape index (κ3) is 1.43. The van der Waals surface area contributed by atoms with Gasteiger partial charge in [-0.05, 0) is 18.6 Å². The first-order chi connectivity index (χ1) is 6.83. The fourth-order valence-corrected chi connectivity index (χ4v) is 1.70. The first kappa shape index (κ1) is 9.00. The molecule has 0 bridgehead atoms. The summed E-state index contributed by atoms with van der Waals surface area (Å²) >= 11 is 0. The second-order valence-electron chi connectivity index (χ2n) is 3.39. The first-order valence-electron chi connectivity index (χ1n) is 4.91. The summed E-state index contributed by atoms with van der Waals surface area (Å²) in [6.07, 6.45) is 2.95. The molecular weight excluding hydrogens is 174 g/mol. The van der Waals surface area contributed by atoms with Gasteiger partial charge in [0.1, 0.15) is 0 Å². The van der Waals surface area contributed by atoms with Crippen molar-refractivity contribution < 1.29 is 0 Å². The third-order valence-corrected chi connectivity index (χ3v) is 2.35. The summed E-state index contributed by atoms with van der Waals surface area (Å²) in [4.78, 5) is 11.5. The van der Waals surface area contributed by atoms with Crippen LogP contribution in [0.2, 0.25) is 0 Å². The minimum atomic E-state index is 0.105. The Morgan fingerprint density at radius 3 is 2.79 bits per heavy atom. The lowest BCUT2D eigenvalue weighted by Crippen LogP contribution is -2.07. The van der Waals surface area contributed by atoms with Gasteiger partial charge in [-0.3, -0.25) is 4.79 Å². The molecule has 0 amide bonds. The quantitative estimate of drug-likeness (QED) is 0.707. The van der Waals surface area contributed by atoms with Crippen LogP contribution in [0.5, 0.6) is 0 Å². The number of para-hydroxylation sites is 1. The maximum absolute atomic E-state index is 11.5. The van der Waals surface area contributed by atoms with E-state index < -0.39 is 0 Å². The highest BCUT2D eigenvalue weighted by molar-refractivity contribution is 5.78. The second-order valence-corrected chi connectivity index (χ2v) is 3.39. The van der Waals surface area contributed by atoms with E-state index in [0.717, 1.165) is 23.9 Å². The van der Waals surface area contributed by atoms with E-state index in [-0.39, 0.29) is 5.43 Å². The van der Waals surface area contributed by atoms with Gasteiger partial charge < -0.3 is 4.57 Å². The van der Waals surface area contributed by atoms with Gasteiger partial charge in [0.2, 0.25) is 0 Å². The zero-order valence-electron chi connectivity index (χ0n) is 8.23. The zero-order valence-corrected chi connectivity index (χ0v) is 8.23. The molecule has 0 aliphatic rings. The number of hydrogen-bond donors (Lipinski definition) is 0. The summed E-state index contributed by atoms with van der Waals surface area (Å²) in [5.41, 5.74) is 1.13. The van der Waals surface area contributed by atoms with Gasteiger partial charge in [0, 0.05) is 24.2 Å². The lowest BCUT2D eigenvalue weighted by molar-refractivity contribution is 0.697. The number of rotatable bonds is 2. The van der Waals surface area contributed by atoms with Crippen LogP contribution in [0.4, 0.5) is 0 Å². The van der Waals surface area contributed by atoms with Crippen molar-refractivity contribution in [3.63, 3.8) is 0 Å². The fourth-order valence-electron chi connectivity index (χ4n) is 1.70. The number of benzene rings is 1. The summed E-state index contributed by atoms with van der Waals surface area (Å²) in [7, 11) is 0. The summed E-state index contributed by atoms with van der Waals surface area (Å²) in [6.45, 7) is 3.09. The molecule has 2 heteroatoms. The van der Waals surface area contributed by atoms with E-state index in [4.69, 9.17) is 0 Å². The molecule has 0 aliphatic carbocycles. The number of fused-ring (bicyclic) bond motifs is 1. The molecule has 2 rings (SSSR count). The summed E-state index contributed by atoms with van der Waals surface area (Å²) in [5, 5.41) is 0.809. The summed E-state index contributed by atoms with van der Waals surface area (Å²) in [6, 6.07) is 9.38. The lowest BCUT2D eigenvalue weighted by Gasteiger charge is -2.08. The first-order valence-corrected chi connectivity index (χ1v) is 4.91. The Balaban J connectivity index is 2.75. The van der Waals surface area contributed by atoms with Crippen LogP contribution in [0.15, 0.2) is 41.3 Å². The molecule has 0 radical (unpaired) electrons. The molecule has 2 nitrogen and oxygen atoms in total. The van der Waals surface area contributed by atoms with Crippen LogP contribution in [0.3, 0.4) is 0 Å². The Morgan fingerprint density at radius 2 is 2.00 bits per heavy atom. The van der Waals surface area contributed by atoms with Crippen LogP contribution in [0, 0.1) is 0 Å². The summed E-state index contributed by atoms with van der Waals surface area (Å²) < 4.78 is 2.12. The Morgan fingerprint density at radius 1 is 1.21 bits per heavy atom. The largest absolute Gasteiger partial charge is 0.347 e. The number of aryl methyl sites for hydroxylation is 1. The van der Waals surface area contributed by atoms with Crippen molar-refractivity contribution >= 4 is 10.9 Å². The standard InChI is InChI=1S/C12H13NO/c1-2-8-13-9-7-12(14)10-5-3-4-6-11(10)13/h3-7,9H,2,8H2,1H3. The minimum absolute atomic E-state index is 0.105. The van der Waals surface area contributed by atoms with Gasteiger partial charge in [-0.1, -0.05) is 19.1 Å². The molecule has 0 saturated heterocycles. The van der Waals surface area contributed by atoms with Crippen molar-refractivity contribution in [2.24, 2.45) is 0 Å². The van der Waals surface area contributed by atoms with Crippen molar-refractivity contribution in [1.82, 2.24) is 4.57 Å². The van der Waals surface area contributed by atoms with Gasteiger partial charge in [-0.2, -0.15) is 0 Å². The average Bonchev–Trinajstić information content (AvgIpc) is 2.23. The highest BCUT2D eigenvalue weighted by atomic mass is 16.1. The molecule has 0 saturated carbocycles. The summed E-state index contributed by atoms with van der Waals surface area (Å²) in [5.74, 6) is 0. The Bertz CT molecular complexity index is 499. The van der Waals surface area contributed by atoms with Crippen molar-refractivity contribution in [2.45, 2.75) is 19.9 Å². The van der Waals surface area contributed by atoms with Crippen molar-refractivity contribution in [3.05, 3.63) is 46.8 Å². The molecule has 0 spiro atoms. The number of pyridine rings is 1. The molecule has 72 valence electrons. The predicted octanol–water partition coefficient (Wildman–Crippen LogP) is 2.41. The molecule has 0 atom stereocenters. The van der Waals surface area contributed by atoms with Crippen LogP contribution >= 0.6 is 0 Å². The molecule has 0 aliphatic heterocycles. The van der Waals surface area contributed by atoms with Crippen LogP contribution < -0.4 is 5.43 Å². The zero-order chi connectivity index (χ0) is 9.97. The van der Waals surface area contributed by atoms with Crippen LogP contribution in [0.25, 0.3) is 10.9 Å². The van der Waals surface area contributed by atoms with Gasteiger partial charge >= 0.3 is 0 Å². The maximum atomic E-state index is 11.5. The van der Waals surface area contributed by atoms with Crippen molar-refractivity contribution in [3.8, 4) is 0 Å². The van der Waals surface area contributed by atoms with Gasteiger partial charge in [-0.15, -0.1) is 0 Å². The average molecular weight is 187 g/mol. The topological polar surface area (TPSA) is 22.0 Å². The smallest absolute Gasteiger partial charge is 0.189 e. The Labute approximate surface area is 82.8 Å². The van der Waals surface area contributed by atoms with E-state index in [2.05, 4.69) is 11.5 Å². The molecule has 2 aromatic rings. The molecule has 14 heavy (non-hydrogen) atoms. The molecule has 1 aromatic heterocycles. The number of nitrogens with zero attached hydrogens (tertiary/aromatic N) is 1. The van der Waals surface area contributed by atoms with E-state index in [0.29, 0.717) is 0 Å². The highest BCUT2D eigenvalue weighted by Crippen LogP contribution is 2.09. The minimum Gasteiger partial charge on any atom is -0.347 e. The van der Waals surface area contributed by atoms with E-state index >= 15 is 0 Å². The molecule has 1 heterocycles. The third-order valence-electron chi connectivity index (χ3n) is 2.35. The Hall–Kier alpha value is -1.57. The molecule has 0 fully saturated rings. The molecular formula is C12H13NO.